The Kier molecular flexibility index (Phi) is 3.79. The molecular formula is C14H9ClFN3. The van der Waals surface area contributed by atoms with Crippen LogP contribution < -0.4 is 5.73 Å². The molecule has 1 aromatic heterocycles. The topological polar surface area (TPSA) is 62.7 Å². The van der Waals surface area contributed by atoms with Crippen molar-refractivity contribution in [2.75, 3.05) is 0 Å². The molecular weight excluding hydrogens is 265 g/mol. The second-order valence-corrected chi connectivity index (χ2v) is 4.20. The number of hydrogen-bond acceptors (Lipinski definition) is 3. The van der Waals surface area contributed by atoms with Gasteiger partial charge in [-0.15, -0.1) is 0 Å². The molecule has 5 heteroatoms. The Morgan fingerprint density at radius 1 is 1.26 bits per heavy atom. The molecule has 94 valence electrons. The van der Waals surface area contributed by atoms with Gasteiger partial charge in [0.15, 0.2) is 0 Å². The Hall–Kier alpha value is -2.38. The minimum absolute atomic E-state index is 0.0497. The van der Waals surface area contributed by atoms with Crippen molar-refractivity contribution in [1.82, 2.24) is 4.98 Å². The third kappa shape index (κ3) is 2.72. The lowest BCUT2D eigenvalue weighted by Crippen LogP contribution is -2.03. The Labute approximate surface area is 114 Å². The Morgan fingerprint density at radius 3 is 2.58 bits per heavy atom. The van der Waals surface area contributed by atoms with Crippen LogP contribution in [0.4, 0.5) is 4.39 Å². The fraction of sp³-hybridized carbons (Fsp3) is 0. The SMILES string of the molecule is N#C/C(=C(/N)c1cc(Cl)ccc1F)c1ccncc1. The third-order valence-electron chi connectivity index (χ3n) is 2.57. The Balaban J connectivity index is 2.62. The van der Waals surface area contributed by atoms with E-state index in [0.717, 1.165) is 0 Å². The lowest BCUT2D eigenvalue weighted by Gasteiger charge is -2.07. The molecule has 0 unspecified atom stereocenters. The van der Waals surface area contributed by atoms with Crippen LogP contribution in [0.1, 0.15) is 11.1 Å². The largest absolute Gasteiger partial charge is 0.397 e. The van der Waals surface area contributed by atoms with Crippen LogP contribution in [0.3, 0.4) is 0 Å². The van der Waals surface area contributed by atoms with E-state index in [9.17, 15) is 9.65 Å². The third-order valence-corrected chi connectivity index (χ3v) is 2.80. The fourth-order valence-corrected chi connectivity index (χ4v) is 1.81. The molecule has 0 fully saturated rings. The number of nitrogens with two attached hydrogens (primary N) is 1. The number of aromatic nitrogens is 1. The lowest BCUT2D eigenvalue weighted by molar-refractivity contribution is 0.624. The van der Waals surface area contributed by atoms with E-state index in [1.807, 2.05) is 6.07 Å². The van der Waals surface area contributed by atoms with E-state index < -0.39 is 5.82 Å². The lowest BCUT2D eigenvalue weighted by atomic mass is 10.0. The van der Waals surface area contributed by atoms with Crippen LogP contribution in [-0.4, -0.2) is 4.98 Å². The molecule has 2 rings (SSSR count). The highest BCUT2D eigenvalue weighted by Gasteiger charge is 2.12. The molecule has 1 aromatic carbocycles. The highest BCUT2D eigenvalue weighted by molar-refractivity contribution is 6.30. The molecule has 1 heterocycles. The molecule has 0 aliphatic rings. The Morgan fingerprint density at radius 2 is 1.95 bits per heavy atom. The van der Waals surface area contributed by atoms with Crippen LogP contribution in [0.5, 0.6) is 0 Å². The van der Waals surface area contributed by atoms with Gasteiger partial charge >= 0.3 is 0 Å². The van der Waals surface area contributed by atoms with Gasteiger partial charge in [0.1, 0.15) is 11.9 Å². The molecule has 0 radical (unpaired) electrons. The average Bonchev–Trinajstić information content (AvgIpc) is 2.43. The molecule has 0 amide bonds. The summed E-state index contributed by atoms with van der Waals surface area (Å²) in [4.78, 5) is 3.86. The van der Waals surface area contributed by atoms with Crippen molar-refractivity contribution in [2.45, 2.75) is 0 Å². The van der Waals surface area contributed by atoms with E-state index in [4.69, 9.17) is 17.3 Å². The van der Waals surface area contributed by atoms with Crippen molar-refractivity contribution in [3.63, 3.8) is 0 Å². The van der Waals surface area contributed by atoms with Crippen LogP contribution in [0.2, 0.25) is 5.02 Å². The van der Waals surface area contributed by atoms with Crippen molar-refractivity contribution < 1.29 is 4.39 Å². The monoisotopic (exact) mass is 273 g/mol. The molecule has 19 heavy (non-hydrogen) atoms. The molecule has 0 spiro atoms. The van der Waals surface area contributed by atoms with E-state index in [1.165, 1.54) is 30.6 Å². The summed E-state index contributed by atoms with van der Waals surface area (Å²) in [6, 6.07) is 9.28. The quantitative estimate of drug-likeness (QED) is 0.855. The number of benzene rings is 1. The predicted octanol–water partition coefficient (Wildman–Crippen LogP) is 3.22. The van der Waals surface area contributed by atoms with Crippen molar-refractivity contribution in [3.8, 4) is 6.07 Å². The van der Waals surface area contributed by atoms with E-state index >= 15 is 0 Å². The van der Waals surface area contributed by atoms with E-state index in [0.29, 0.717) is 10.6 Å². The van der Waals surface area contributed by atoms with Gasteiger partial charge < -0.3 is 5.73 Å². The second kappa shape index (κ2) is 5.51. The maximum atomic E-state index is 13.7. The molecule has 0 aliphatic carbocycles. The summed E-state index contributed by atoms with van der Waals surface area (Å²) in [6.07, 6.45) is 3.07. The first-order valence-corrected chi connectivity index (χ1v) is 5.77. The van der Waals surface area contributed by atoms with Gasteiger partial charge in [0.25, 0.3) is 0 Å². The minimum Gasteiger partial charge on any atom is -0.397 e. The van der Waals surface area contributed by atoms with Gasteiger partial charge in [-0.1, -0.05) is 11.6 Å². The predicted molar refractivity (Wildman–Crippen MR) is 72.3 cm³/mol. The number of rotatable bonds is 2. The van der Waals surface area contributed by atoms with E-state index in [2.05, 4.69) is 4.98 Å². The Bertz CT molecular complexity index is 675. The molecule has 2 N–H and O–H groups in total. The van der Waals surface area contributed by atoms with Crippen LogP contribution >= 0.6 is 11.6 Å². The summed E-state index contributed by atoms with van der Waals surface area (Å²) in [6.45, 7) is 0. The molecule has 0 saturated heterocycles. The summed E-state index contributed by atoms with van der Waals surface area (Å²) < 4.78 is 13.7. The van der Waals surface area contributed by atoms with Gasteiger partial charge in [0.05, 0.1) is 11.3 Å². The number of halogens is 2. The summed E-state index contributed by atoms with van der Waals surface area (Å²) in [5.41, 5.74) is 6.81. The van der Waals surface area contributed by atoms with Gasteiger partial charge in [-0.25, -0.2) is 4.39 Å². The minimum atomic E-state index is -0.524. The summed E-state index contributed by atoms with van der Waals surface area (Å²) >= 11 is 5.82. The normalized spacial score (nSPS) is 11.6. The summed E-state index contributed by atoms with van der Waals surface area (Å²) in [7, 11) is 0. The molecule has 0 aliphatic heterocycles. The zero-order valence-electron chi connectivity index (χ0n) is 9.77. The first kappa shape index (κ1) is 13.1. The fourth-order valence-electron chi connectivity index (χ4n) is 1.64. The van der Waals surface area contributed by atoms with Gasteiger partial charge in [-0.05, 0) is 35.9 Å². The number of nitriles is 1. The van der Waals surface area contributed by atoms with Crippen molar-refractivity contribution in [2.24, 2.45) is 5.73 Å². The first-order valence-electron chi connectivity index (χ1n) is 5.39. The molecule has 0 saturated carbocycles. The zero-order chi connectivity index (χ0) is 13.8. The smallest absolute Gasteiger partial charge is 0.132 e. The van der Waals surface area contributed by atoms with Crippen LogP contribution in [0.25, 0.3) is 11.3 Å². The highest BCUT2D eigenvalue weighted by Crippen LogP contribution is 2.25. The van der Waals surface area contributed by atoms with Crippen LogP contribution in [0.15, 0.2) is 42.7 Å². The van der Waals surface area contributed by atoms with E-state index in [1.54, 1.807) is 12.1 Å². The first-order chi connectivity index (χ1) is 9.13. The number of hydrogen-bond donors (Lipinski definition) is 1. The van der Waals surface area contributed by atoms with E-state index in [-0.39, 0.29) is 16.8 Å². The highest BCUT2D eigenvalue weighted by atomic mass is 35.5. The zero-order valence-corrected chi connectivity index (χ0v) is 10.5. The standard InChI is InChI=1S/C14H9ClFN3/c15-10-1-2-13(16)11(7-10)14(18)12(8-17)9-3-5-19-6-4-9/h1-7H,18H2/b14-12-. The molecule has 3 nitrogen and oxygen atoms in total. The summed E-state index contributed by atoms with van der Waals surface area (Å²) in [5.74, 6) is -0.524. The van der Waals surface area contributed by atoms with Gasteiger partial charge in [0.2, 0.25) is 0 Å². The maximum absolute atomic E-state index is 13.7. The van der Waals surface area contributed by atoms with Gasteiger partial charge in [0, 0.05) is 23.0 Å². The van der Waals surface area contributed by atoms with Crippen LogP contribution in [0, 0.1) is 17.1 Å². The molecule has 0 bridgehead atoms. The van der Waals surface area contributed by atoms with Crippen molar-refractivity contribution >= 4 is 22.9 Å². The van der Waals surface area contributed by atoms with Crippen LogP contribution in [-0.2, 0) is 0 Å². The van der Waals surface area contributed by atoms with Gasteiger partial charge in [-0.2, -0.15) is 5.26 Å². The van der Waals surface area contributed by atoms with Gasteiger partial charge in [-0.3, -0.25) is 4.98 Å². The number of nitrogens with zero attached hydrogens (tertiary/aromatic N) is 2. The second-order valence-electron chi connectivity index (χ2n) is 3.76. The number of allylic oxidation sites excluding steroid dienone is 1. The maximum Gasteiger partial charge on any atom is 0.132 e. The average molecular weight is 274 g/mol. The summed E-state index contributed by atoms with van der Waals surface area (Å²) in [5, 5.41) is 9.56. The van der Waals surface area contributed by atoms with Crippen molar-refractivity contribution in [1.29, 1.82) is 5.26 Å². The number of pyridine rings is 1. The molecule has 0 atom stereocenters. The van der Waals surface area contributed by atoms with Crippen molar-refractivity contribution in [3.05, 3.63) is 64.7 Å². The molecule has 2 aromatic rings.